The third-order valence-electron chi connectivity index (χ3n) is 3.60. The van der Waals surface area contributed by atoms with Crippen molar-refractivity contribution in [3.63, 3.8) is 0 Å². The molecule has 0 heterocycles. The van der Waals surface area contributed by atoms with E-state index in [2.05, 4.69) is 12.2 Å². The fourth-order valence-electron chi connectivity index (χ4n) is 2.18. The van der Waals surface area contributed by atoms with Gasteiger partial charge in [-0.1, -0.05) is 31.2 Å². The Morgan fingerprint density at radius 2 is 1.75 bits per heavy atom. The number of benzene rings is 2. The van der Waals surface area contributed by atoms with Gasteiger partial charge in [0, 0.05) is 0 Å². The van der Waals surface area contributed by atoms with Gasteiger partial charge in [0.1, 0.15) is 5.75 Å². The monoisotopic (exact) mass is 327 g/mol. The highest BCUT2D eigenvalue weighted by molar-refractivity contribution is 6.02. The highest BCUT2D eigenvalue weighted by Gasteiger charge is 2.18. The van der Waals surface area contributed by atoms with Crippen LogP contribution in [-0.4, -0.2) is 25.1 Å². The summed E-state index contributed by atoms with van der Waals surface area (Å²) in [6, 6.07) is 14.3. The molecule has 0 aromatic heterocycles. The first-order chi connectivity index (χ1) is 11.5. The van der Waals surface area contributed by atoms with Crippen molar-refractivity contribution < 1.29 is 19.1 Å². The largest absolute Gasteiger partial charge is 0.481 e. The Kier molecular flexibility index (Phi) is 5.95. The second-order valence-electron chi connectivity index (χ2n) is 5.28. The van der Waals surface area contributed by atoms with Gasteiger partial charge in [-0.15, -0.1) is 0 Å². The summed E-state index contributed by atoms with van der Waals surface area (Å²) in [7, 11) is 1.30. The van der Waals surface area contributed by atoms with Crippen molar-refractivity contribution in [1.29, 1.82) is 0 Å². The molecule has 1 amide bonds. The van der Waals surface area contributed by atoms with E-state index in [0.29, 0.717) is 17.0 Å². The normalized spacial score (nSPS) is 11.5. The van der Waals surface area contributed by atoms with Crippen LogP contribution in [0.1, 0.15) is 29.8 Å². The number of esters is 1. The number of aryl methyl sites for hydroxylation is 1. The molecule has 0 aliphatic carbocycles. The molecule has 5 nitrogen and oxygen atoms in total. The summed E-state index contributed by atoms with van der Waals surface area (Å²) in [5.41, 5.74) is 1.89. The Balaban J connectivity index is 2.05. The number of hydrogen-bond acceptors (Lipinski definition) is 4. The molecule has 0 saturated carbocycles. The molecule has 1 atom stereocenters. The second kappa shape index (κ2) is 8.15. The van der Waals surface area contributed by atoms with Crippen molar-refractivity contribution in [2.75, 3.05) is 12.4 Å². The average molecular weight is 327 g/mol. The van der Waals surface area contributed by atoms with Gasteiger partial charge in [-0.25, -0.2) is 4.79 Å². The van der Waals surface area contributed by atoms with Crippen LogP contribution in [0.5, 0.6) is 5.75 Å². The Morgan fingerprint density at radius 3 is 2.38 bits per heavy atom. The summed E-state index contributed by atoms with van der Waals surface area (Å²) in [5, 5.41) is 2.70. The molecule has 0 aliphatic rings. The van der Waals surface area contributed by atoms with Crippen LogP contribution in [0.3, 0.4) is 0 Å². The minimum absolute atomic E-state index is 0.299. The molecule has 2 aromatic rings. The highest BCUT2D eigenvalue weighted by atomic mass is 16.5. The Labute approximate surface area is 141 Å². The summed E-state index contributed by atoms with van der Waals surface area (Å²) in [4.78, 5) is 24.0. The number of para-hydroxylation sites is 1. The number of carbonyl (C=O) groups excluding carboxylic acids is 2. The fraction of sp³-hybridized carbons (Fsp3) is 0.263. The first-order valence-electron chi connectivity index (χ1n) is 7.79. The third kappa shape index (κ3) is 4.35. The molecule has 1 unspecified atom stereocenters. The maximum absolute atomic E-state index is 12.3. The summed E-state index contributed by atoms with van der Waals surface area (Å²) in [6.45, 7) is 3.73. The molecule has 2 rings (SSSR count). The van der Waals surface area contributed by atoms with Crippen molar-refractivity contribution in [2.24, 2.45) is 0 Å². The average Bonchev–Trinajstić information content (AvgIpc) is 2.62. The van der Waals surface area contributed by atoms with E-state index in [1.54, 1.807) is 31.2 Å². The third-order valence-corrected chi connectivity index (χ3v) is 3.60. The fourth-order valence-corrected chi connectivity index (χ4v) is 2.18. The van der Waals surface area contributed by atoms with Crippen LogP contribution in [0, 0.1) is 0 Å². The number of ether oxygens (including phenoxy) is 2. The van der Waals surface area contributed by atoms with Crippen molar-refractivity contribution in [1.82, 2.24) is 0 Å². The van der Waals surface area contributed by atoms with Gasteiger partial charge in [0.2, 0.25) is 0 Å². The molecule has 1 N–H and O–H groups in total. The molecule has 2 aromatic carbocycles. The Bertz CT molecular complexity index is 710. The lowest BCUT2D eigenvalue weighted by atomic mass is 10.1. The van der Waals surface area contributed by atoms with Crippen molar-refractivity contribution in [3.8, 4) is 5.75 Å². The van der Waals surface area contributed by atoms with Crippen LogP contribution in [0.2, 0.25) is 0 Å². The van der Waals surface area contributed by atoms with E-state index >= 15 is 0 Å². The Morgan fingerprint density at radius 1 is 1.08 bits per heavy atom. The predicted octanol–water partition coefficient (Wildman–Crippen LogP) is 3.44. The first kappa shape index (κ1) is 17.5. The number of hydrogen-bond donors (Lipinski definition) is 1. The maximum Gasteiger partial charge on any atom is 0.339 e. The van der Waals surface area contributed by atoms with E-state index in [0.717, 1.165) is 6.42 Å². The zero-order valence-electron chi connectivity index (χ0n) is 14.0. The number of methoxy groups -OCH3 is 1. The first-order valence-corrected chi connectivity index (χ1v) is 7.79. The second-order valence-corrected chi connectivity index (χ2v) is 5.28. The molecular weight excluding hydrogens is 306 g/mol. The van der Waals surface area contributed by atoms with Gasteiger partial charge < -0.3 is 14.8 Å². The predicted molar refractivity (Wildman–Crippen MR) is 92.3 cm³/mol. The summed E-state index contributed by atoms with van der Waals surface area (Å²) >= 11 is 0. The zero-order chi connectivity index (χ0) is 17.5. The maximum atomic E-state index is 12.3. The summed E-state index contributed by atoms with van der Waals surface area (Å²) in [6.07, 6.45) is 0.240. The molecule has 0 aliphatic heterocycles. The van der Waals surface area contributed by atoms with Crippen molar-refractivity contribution in [2.45, 2.75) is 26.4 Å². The van der Waals surface area contributed by atoms with Crippen molar-refractivity contribution >= 4 is 17.6 Å². The molecule has 0 fully saturated rings. The quantitative estimate of drug-likeness (QED) is 0.826. The zero-order valence-corrected chi connectivity index (χ0v) is 14.0. The van der Waals surface area contributed by atoms with Gasteiger partial charge in [0.25, 0.3) is 5.91 Å². The summed E-state index contributed by atoms with van der Waals surface area (Å²) < 4.78 is 10.4. The topological polar surface area (TPSA) is 64.6 Å². The van der Waals surface area contributed by atoms with Gasteiger partial charge in [-0.2, -0.15) is 0 Å². The van der Waals surface area contributed by atoms with Gasteiger partial charge in [-0.3, -0.25) is 4.79 Å². The number of anilines is 1. The lowest BCUT2D eigenvalue weighted by molar-refractivity contribution is -0.122. The SMILES string of the molecule is CCc1ccc(OC(C)C(=O)Nc2ccccc2C(=O)OC)cc1. The van der Waals surface area contributed by atoms with Crippen molar-refractivity contribution in [3.05, 3.63) is 59.7 Å². The van der Waals surface area contributed by atoms with E-state index in [1.807, 2.05) is 24.3 Å². The van der Waals surface area contributed by atoms with E-state index in [-0.39, 0.29) is 5.91 Å². The standard InChI is InChI=1S/C19H21NO4/c1-4-14-9-11-15(12-10-14)24-13(2)18(21)20-17-8-6-5-7-16(17)19(22)23-3/h5-13H,4H2,1-3H3,(H,20,21). The number of nitrogens with one attached hydrogen (secondary N) is 1. The van der Waals surface area contributed by atoms with E-state index in [9.17, 15) is 9.59 Å². The van der Waals surface area contributed by atoms with Crippen LogP contribution in [-0.2, 0) is 16.0 Å². The van der Waals surface area contributed by atoms with E-state index < -0.39 is 12.1 Å². The molecule has 5 heteroatoms. The van der Waals surface area contributed by atoms with Crippen LogP contribution in [0.4, 0.5) is 5.69 Å². The van der Waals surface area contributed by atoms with Crippen LogP contribution in [0.15, 0.2) is 48.5 Å². The number of amides is 1. The number of carbonyl (C=O) groups is 2. The van der Waals surface area contributed by atoms with Crippen LogP contribution < -0.4 is 10.1 Å². The smallest absolute Gasteiger partial charge is 0.339 e. The van der Waals surface area contributed by atoms with Gasteiger partial charge in [0.15, 0.2) is 6.10 Å². The molecule has 0 radical (unpaired) electrons. The highest BCUT2D eigenvalue weighted by Crippen LogP contribution is 2.18. The minimum Gasteiger partial charge on any atom is -0.481 e. The molecule has 0 spiro atoms. The molecule has 24 heavy (non-hydrogen) atoms. The minimum atomic E-state index is -0.705. The Hall–Kier alpha value is -2.82. The van der Waals surface area contributed by atoms with Crippen LogP contribution >= 0.6 is 0 Å². The molecular formula is C19H21NO4. The van der Waals surface area contributed by atoms with Gasteiger partial charge >= 0.3 is 5.97 Å². The van der Waals surface area contributed by atoms with Gasteiger partial charge in [-0.05, 0) is 43.2 Å². The number of rotatable bonds is 6. The van der Waals surface area contributed by atoms with Crippen LogP contribution in [0.25, 0.3) is 0 Å². The van der Waals surface area contributed by atoms with E-state index in [1.165, 1.54) is 12.7 Å². The van der Waals surface area contributed by atoms with Gasteiger partial charge in [0.05, 0.1) is 18.4 Å². The lowest BCUT2D eigenvalue weighted by Gasteiger charge is -2.16. The van der Waals surface area contributed by atoms with E-state index in [4.69, 9.17) is 9.47 Å². The lowest BCUT2D eigenvalue weighted by Crippen LogP contribution is -2.30. The molecule has 0 bridgehead atoms. The molecule has 0 saturated heterocycles. The summed E-state index contributed by atoms with van der Waals surface area (Å²) in [5.74, 6) is -0.225. The molecule has 126 valence electrons.